The van der Waals surface area contributed by atoms with Crippen LogP contribution in [0.3, 0.4) is 0 Å². The maximum absolute atomic E-state index is 12.9. The minimum absolute atomic E-state index is 0.0691. The third-order valence-corrected chi connectivity index (χ3v) is 11.4. The molecule has 7 atom stereocenters. The molecule has 0 aromatic rings. The first kappa shape index (κ1) is 58.4. The Balaban J connectivity index is 2.18. The van der Waals surface area contributed by atoms with E-state index in [1.165, 1.54) is 70.6 Å². The summed E-state index contributed by atoms with van der Waals surface area (Å²) in [6.07, 6.45) is 41.9. The van der Waals surface area contributed by atoms with Crippen LogP contribution in [0.4, 0.5) is 0 Å². The van der Waals surface area contributed by atoms with Crippen molar-refractivity contribution < 1.29 is 49.3 Å². The molecule has 1 aliphatic rings. The van der Waals surface area contributed by atoms with Crippen molar-refractivity contribution in [1.82, 2.24) is 5.32 Å². The van der Waals surface area contributed by atoms with Crippen molar-refractivity contribution in [2.45, 2.75) is 236 Å². The Bertz CT molecular complexity index is 1230. The lowest BCUT2D eigenvalue weighted by atomic mass is 9.99. The van der Waals surface area contributed by atoms with Gasteiger partial charge in [0.2, 0.25) is 5.91 Å². The summed E-state index contributed by atoms with van der Waals surface area (Å²) in [4.78, 5) is 25.0. The number of nitrogens with one attached hydrogen (secondary N) is 1. The van der Waals surface area contributed by atoms with E-state index in [-0.39, 0.29) is 24.9 Å². The fourth-order valence-corrected chi connectivity index (χ4v) is 7.34. The lowest BCUT2D eigenvalue weighted by Gasteiger charge is -2.40. The summed E-state index contributed by atoms with van der Waals surface area (Å²) in [5.74, 6) is -0.301. The van der Waals surface area contributed by atoms with E-state index >= 15 is 0 Å². The number of esters is 1. The van der Waals surface area contributed by atoms with Gasteiger partial charge in [0.05, 0.1) is 32.0 Å². The molecule has 0 radical (unpaired) electrons. The molecule has 11 nitrogen and oxygen atoms in total. The molecule has 1 fully saturated rings. The Labute approximate surface area is 382 Å². The van der Waals surface area contributed by atoms with Gasteiger partial charge in [-0.2, -0.15) is 0 Å². The summed E-state index contributed by atoms with van der Waals surface area (Å²) >= 11 is 0. The third kappa shape index (κ3) is 32.6. The molecular weight excluding hydrogens is 799 g/mol. The molecule has 0 spiro atoms. The number of amides is 1. The van der Waals surface area contributed by atoms with E-state index in [2.05, 4.69) is 54.8 Å². The Morgan fingerprint density at radius 3 is 1.67 bits per heavy atom. The zero-order valence-corrected chi connectivity index (χ0v) is 39.5. The zero-order valence-electron chi connectivity index (χ0n) is 39.5. The highest BCUT2D eigenvalue weighted by Crippen LogP contribution is 2.22. The number of ether oxygens (including phenoxy) is 3. The first-order valence-electron chi connectivity index (χ1n) is 25.0. The monoisotopic (exact) mass is 890 g/mol. The van der Waals surface area contributed by atoms with Gasteiger partial charge >= 0.3 is 5.97 Å². The van der Waals surface area contributed by atoms with Gasteiger partial charge in [0.25, 0.3) is 0 Å². The van der Waals surface area contributed by atoms with Crippen LogP contribution in [0, 0.1) is 0 Å². The minimum atomic E-state index is -1.59. The second-order valence-corrected chi connectivity index (χ2v) is 17.1. The molecule has 0 aromatic heterocycles. The van der Waals surface area contributed by atoms with Gasteiger partial charge in [-0.15, -0.1) is 0 Å². The van der Waals surface area contributed by atoms with Crippen LogP contribution in [0.15, 0.2) is 60.8 Å². The van der Waals surface area contributed by atoms with Crippen LogP contribution in [0.2, 0.25) is 0 Å². The number of unbranched alkanes of at least 4 members (excludes halogenated alkanes) is 20. The lowest BCUT2D eigenvalue weighted by molar-refractivity contribution is -0.302. The highest BCUT2D eigenvalue weighted by molar-refractivity contribution is 5.76. The van der Waals surface area contributed by atoms with Crippen LogP contribution >= 0.6 is 0 Å². The van der Waals surface area contributed by atoms with E-state index < -0.39 is 49.5 Å². The minimum Gasteiger partial charge on any atom is -0.466 e. The number of hydrogen-bond acceptors (Lipinski definition) is 10. The zero-order chi connectivity index (χ0) is 46.0. The van der Waals surface area contributed by atoms with Crippen molar-refractivity contribution in [2.24, 2.45) is 0 Å². The first-order valence-corrected chi connectivity index (χ1v) is 25.0. The topological polar surface area (TPSA) is 175 Å². The van der Waals surface area contributed by atoms with Gasteiger partial charge in [0.1, 0.15) is 24.4 Å². The average molecular weight is 890 g/mol. The van der Waals surface area contributed by atoms with Gasteiger partial charge in [0, 0.05) is 12.8 Å². The van der Waals surface area contributed by atoms with E-state index in [1.54, 1.807) is 6.08 Å². The van der Waals surface area contributed by atoms with E-state index in [0.717, 1.165) is 83.5 Å². The molecule has 6 N–H and O–H groups in total. The van der Waals surface area contributed by atoms with E-state index in [4.69, 9.17) is 14.2 Å². The van der Waals surface area contributed by atoms with Gasteiger partial charge in [-0.1, -0.05) is 138 Å². The molecule has 364 valence electrons. The first-order chi connectivity index (χ1) is 30.7. The summed E-state index contributed by atoms with van der Waals surface area (Å²) in [5.41, 5.74) is 0. The molecular formula is C52H91NO10. The van der Waals surface area contributed by atoms with E-state index in [9.17, 15) is 35.1 Å². The van der Waals surface area contributed by atoms with Crippen molar-refractivity contribution in [3.8, 4) is 0 Å². The molecule has 0 bridgehead atoms. The van der Waals surface area contributed by atoms with Crippen LogP contribution in [0.5, 0.6) is 0 Å². The SMILES string of the molecule is C/C=C/CC/C=C/CC/C=C/C(O)C(COC1OC(CO)C(O)C(O)C1O)NC(=O)CCCCCCC/C=C\CCCCOC(=O)CCCCCCC/C=C\CCCCCCCC. The van der Waals surface area contributed by atoms with E-state index in [0.29, 0.717) is 25.9 Å². The molecule has 1 saturated heterocycles. The Morgan fingerprint density at radius 1 is 0.603 bits per heavy atom. The molecule has 1 rings (SSSR count). The number of aliphatic hydroxyl groups excluding tert-OH is 5. The second kappa shape index (κ2) is 42.0. The van der Waals surface area contributed by atoms with Crippen LogP contribution in [-0.2, 0) is 23.8 Å². The number of hydrogen-bond donors (Lipinski definition) is 6. The van der Waals surface area contributed by atoms with Crippen molar-refractivity contribution >= 4 is 11.9 Å². The molecule has 0 aliphatic carbocycles. The maximum atomic E-state index is 12.9. The predicted octanol–water partition coefficient (Wildman–Crippen LogP) is 9.94. The van der Waals surface area contributed by atoms with Crippen LogP contribution in [0.25, 0.3) is 0 Å². The van der Waals surface area contributed by atoms with Gasteiger partial charge in [-0.25, -0.2) is 0 Å². The number of carbonyl (C=O) groups excluding carboxylic acids is 2. The molecule has 7 unspecified atom stereocenters. The Hall–Kier alpha value is -2.64. The molecule has 1 aliphatic heterocycles. The molecule has 1 amide bonds. The largest absolute Gasteiger partial charge is 0.466 e. The molecule has 11 heteroatoms. The number of allylic oxidation sites excluding steroid dienone is 9. The standard InChI is InChI=1S/C52H91NO10/c1-3-5-7-9-11-13-14-15-16-17-20-24-28-32-36-40-48(57)61-41-37-33-29-25-21-18-19-23-27-31-35-39-47(56)53-44(45(55)38-34-30-26-22-12-10-8-6-4-2)43-62-52-51(60)50(59)49(58)46(42-54)63-52/h4,6,12,15-16,21-22,25,34,38,44-46,49-52,54-55,58-60H,3,5,7-11,13-14,17-20,23-24,26-33,35-37,39-43H2,1-2H3,(H,53,56)/b6-4+,16-15-,22-12+,25-21-,38-34+. The summed E-state index contributed by atoms with van der Waals surface area (Å²) in [6.45, 7) is 3.94. The van der Waals surface area contributed by atoms with Crippen LogP contribution in [-0.4, -0.2) is 100 Å². The van der Waals surface area contributed by atoms with Gasteiger partial charge < -0.3 is 45.1 Å². The highest BCUT2D eigenvalue weighted by Gasteiger charge is 2.44. The number of carbonyl (C=O) groups is 2. The summed E-state index contributed by atoms with van der Waals surface area (Å²) in [6, 6.07) is -0.855. The van der Waals surface area contributed by atoms with Crippen LogP contribution in [0.1, 0.15) is 194 Å². The Kier molecular flexibility index (Phi) is 38.9. The van der Waals surface area contributed by atoms with Gasteiger partial charge in [-0.3, -0.25) is 9.59 Å². The van der Waals surface area contributed by atoms with Crippen molar-refractivity contribution in [3.05, 3.63) is 60.8 Å². The third-order valence-electron chi connectivity index (χ3n) is 11.4. The smallest absolute Gasteiger partial charge is 0.305 e. The fraction of sp³-hybridized carbons (Fsp3) is 0.769. The van der Waals surface area contributed by atoms with E-state index in [1.807, 2.05) is 19.1 Å². The van der Waals surface area contributed by atoms with Crippen LogP contribution < -0.4 is 5.32 Å². The van der Waals surface area contributed by atoms with Crippen molar-refractivity contribution in [3.63, 3.8) is 0 Å². The quantitative estimate of drug-likeness (QED) is 0.0197. The number of rotatable bonds is 41. The van der Waals surface area contributed by atoms with Gasteiger partial charge in [0.15, 0.2) is 6.29 Å². The maximum Gasteiger partial charge on any atom is 0.305 e. The van der Waals surface area contributed by atoms with Crippen molar-refractivity contribution in [2.75, 3.05) is 19.8 Å². The Morgan fingerprint density at radius 2 is 1.10 bits per heavy atom. The molecule has 63 heavy (non-hydrogen) atoms. The highest BCUT2D eigenvalue weighted by atomic mass is 16.7. The average Bonchev–Trinajstić information content (AvgIpc) is 3.28. The molecule has 1 heterocycles. The normalized spacial score (nSPS) is 20.5. The molecule has 0 saturated carbocycles. The summed E-state index contributed by atoms with van der Waals surface area (Å²) in [7, 11) is 0. The number of aliphatic hydroxyl groups is 5. The second-order valence-electron chi connectivity index (χ2n) is 17.1. The lowest BCUT2D eigenvalue weighted by Crippen LogP contribution is -2.60. The predicted molar refractivity (Wildman–Crippen MR) is 255 cm³/mol. The molecule has 0 aromatic carbocycles. The summed E-state index contributed by atoms with van der Waals surface area (Å²) < 4.78 is 16.6. The fourth-order valence-electron chi connectivity index (χ4n) is 7.34. The van der Waals surface area contributed by atoms with Gasteiger partial charge in [-0.05, 0) is 103 Å². The van der Waals surface area contributed by atoms with Crippen molar-refractivity contribution in [1.29, 1.82) is 0 Å². The summed E-state index contributed by atoms with van der Waals surface area (Å²) in [5, 5.41) is 54.0.